The van der Waals surface area contributed by atoms with Gasteiger partial charge < -0.3 is 5.32 Å². The molecule has 27 heavy (non-hydrogen) atoms. The molecular weight excluding hydrogens is 405 g/mol. The summed E-state index contributed by atoms with van der Waals surface area (Å²) in [4.78, 5) is 19.0. The van der Waals surface area contributed by atoms with Gasteiger partial charge in [0.15, 0.2) is 0 Å². The monoisotopic (exact) mass is 427 g/mol. The van der Waals surface area contributed by atoms with Gasteiger partial charge in [-0.3, -0.25) is 14.8 Å². The van der Waals surface area contributed by atoms with E-state index in [1.807, 2.05) is 19.1 Å². The van der Waals surface area contributed by atoms with Gasteiger partial charge in [-0.15, -0.1) is 5.10 Å². The highest BCUT2D eigenvalue weighted by Crippen LogP contribution is 2.25. The van der Waals surface area contributed by atoms with Gasteiger partial charge in [0.1, 0.15) is 5.82 Å². The zero-order valence-electron chi connectivity index (χ0n) is 15.2. The molecule has 3 rings (SSSR count). The van der Waals surface area contributed by atoms with Crippen molar-refractivity contribution in [3.63, 3.8) is 0 Å². The van der Waals surface area contributed by atoms with Crippen LogP contribution in [0.15, 0.2) is 23.4 Å². The molecule has 1 fully saturated rings. The van der Waals surface area contributed by atoms with Crippen LogP contribution in [0.1, 0.15) is 24.2 Å². The molecule has 1 aliphatic heterocycles. The third-order valence-corrected chi connectivity index (χ3v) is 5.93. The van der Waals surface area contributed by atoms with E-state index in [0.717, 1.165) is 49.6 Å². The molecular formula is C18H23Cl2N5OS. The first-order valence-electron chi connectivity index (χ1n) is 8.97. The van der Waals surface area contributed by atoms with Gasteiger partial charge in [-0.1, -0.05) is 41.0 Å². The van der Waals surface area contributed by atoms with E-state index in [4.69, 9.17) is 23.2 Å². The molecule has 2 heterocycles. The Kier molecular flexibility index (Phi) is 7.41. The second kappa shape index (κ2) is 9.78. The second-order valence-corrected chi connectivity index (χ2v) is 8.56. The molecule has 6 nitrogen and oxygen atoms in total. The lowest BCUT2D eigenvalue weighted by atomic mass is 9.96. The van der Waals surface area contributed by atoms with Gasteiger partial charge in [-0.25, -0.2) is 4.98 Å². The standard InChI is InChI=1S/C18H23Cl2N5OS/c1-12-22-18(24-23-12)27-8-6-21-17(26)14-3-2-7-25(11-14)10-13-4-5-15(19)9-16(13)20/h4-5,9,14H,2-3,6-8,10-11H2,1H3,(H,21,26)(H,22,23,24)/t14-/m1/s1. The number of hydrogen-bond donors (Lipinski definition) is 2. The second-order valence-electron chi connectivity index (χ2n) is 6.65. The van der Waals surface area contributed by atoms with Crippen LogP contribution in [0.3, 0.4) is 0 Å². The first-order chi connectivity index (χ1) is 13.0. The maximum atomic E-state index is 12.5. The number of nitrogens with one attached hydrogen (secondary N) is 2. The Labute approximate surface area is 173 Å². The van der Waals surface area contributed by atoms with Crippen molar-refractivity contribution in [2.75, 3.05) is 25.4 Å². The largest absolute Gasteiger partial charge is 0.355 e. The van der Waals surface area contributed by atoms with Crippen LogP contribution in [0.4, 0.5) is 0 Å². The molecule has 0 radical (unpaired) electrons. The number of carbonyl (C=O) groups is 1. The smallest absolute Gasteiger partial charge is 0.224 e. The number of nitrogens with zero attached hydrogens (tertiary/aromatic N) is 3. The molecule has 2 N–H and O–H groups in total. The third-order valence-electron chi connectivity index (χ3n) is 4.49. The molecule has 0 aliphatic carbocycles. The van der Waals surface area contributed by atoms with Gasteiger partial charge in [0.05, 0.1) is 5.92 Å². The summed E-state index contributed by atoms with van der Waals surface area (Å²) in [5.74, 6) is 1.68. The van der Waals surface area contributed by atoms with Crippen LogP contribution in [0, 0.1) is 12.8 Å². The van der Waals surface area contributed by atoms with Gasteiger partial charge >= 0.3 is 0 Å². The molecule has 9 heteroatoms. The van der Waals surface area contributed by atoms with Gasteiger partial charge in [0, 0.05) is 35.4 Å². The lowest BCUT2D eigenvalue weighted by molar-refractivity contribution is -0.126. The van der Waals surface area contributed by atoms with Crippen LogP contribution in [-0.4, -0.2) is 51.4 Å². The lowest BCUT2D eigenvalue weighted by Crippen LogP contribution is -2.43. The normalized spacial score (nSPS) is 17.8. The molecule has 1 aromatic heterocycles. The molecule has 1 saturated heterocycles. The number of thioether (sulfide) groups is 1. The van der Waals surface area contributed by atoms with Crippen LogP contribution in [0.25, 0.3) is 0 Å². The highest BCUT2D eigenvalue weighted by Gasteiger charge is 2.25. The number of hydrogen-bond acceptors (Lipinski definition) is 5. The Bertz CT molecular complexity index is 785. The van der Waals surface area contributed by atoms with Crippen LogP contribution in [0.2, 0.25) is 10.0 Å². The fourth-order valence-corrected chi connectivity index (χ4v) is 4.32. The number of benzene rings is 1. The highest BCUT2D eigenvalue weighted by atomic mass is 35.5. The average molecular weight is 428 g/mol. The summed E-state index contributed by atoms with van der Waals surface area (Å²) in [7, 11) is 0. The van der Waals surface area contributed by atoms with Crippen LogP contribution >= 0.6 is 35.0 Å². The fourth-order valence-electron chi connectivity index (χ4n) is 3.15. The molecule has 2 aromatic rings. The fraction of sp³-hybridized carbons (Fsp3) is 0.500. The number of aromatic nitrogens is 3. The van der Waals surface area contributed by atoms with E-state index in [9.17, 15) is 4.79 Å². The van der Waals surface area contributed by atoms with Crippen molar-refractivity contribution in [1.82, 2.24) is 25.4 Å². The number of rotatable bonds is 7. The number of amides is 1. The quantitative estimate of drug-likeness (QED) is 0.521. The van der Waals surface area contributed by atoms with Crippen LogP contribution in [0.5, 0.6) is 0 Å². The minimum atomic E-state index is 0.0144. The highest BCUT2D eigenvalue weighted by molar-refractivity contribution is 7.99. The Morgan fingerprint density at radius 3 is 3.04 bits per heavy atom. The summed E-state index contributed by atoms with van der Waals surface area (Å²) >= 11 is 13.8. The molecule has 1 amide bonds. The Morgan fingerprint density at radius 2 is 2.30 bits per heavy atom. The SMILES string of the molecule is Cc1nc(SCCNC(=O)[C@@H]2CCCN(Cc3ccc(Cl)cc3Cl)C2)n[nH]1. The van der Waals surface area contributed by atoms with Crippen LogP contribution in [-0.2, 0) is 11.3 Å². The maximum Gasteiger partial charge on any atom is 0.224 e. The summed E-state index contributed by atoms with van der Waals surface area (Å²) in [6, 6.07) is 5.57. The van der Waals surface area contributed by atoms with Crippen LogP contribution < -0.4 is 5.32 Å². The van der Waals surface area contributed by atoms with E-state index in [1.165, 1.54) is 11.8 Å². The number of aryl methyl sites for hydroxylation is 1. The average Bonchev–Trinajstić information content (AvgIpc) is 3.06. The molecule has 0 unspecified atom stereocenters. The first kappa shape index (κ1) is 20.5. The lowest BCUT2D eigenvalue weighted by Gasteiger charge is -2.32. The number of piperidine rings is 1. The summed E-state index contributed by atoms with van der Waals surface area (Å²) in [6.45, 7) is 4.93. The van der Waals surface area contributed by atoms with Crippen molar-refractivity contribution >= 4 is 40.9 Å². The van der Waals surface area contributed by atoms with E-state index in [2.05, 4.69) is 25.4 Å². The van der Waals surface area contributed by atoms with Crippen molar-refractivity contribution in [3.8, 4) is 0 Å². The van der Waals surface area contributed by atoms with Crippen molar-refractivity contribution in [1.29, 1.82) is 0 Å². The summed E-state index contributed by atoms with van der Waals surface area (Å²) in [5, 5.41) is 11.9. The van der Waals surface area contributed by atoms with Gasteiger partial charge in [-0.2, -0.15) is 0 Å². The Balaban J connectivity index is 1.43. The van der Waals surface area contributed by atoms with Crippen molar-refractivity contribution < 1.29 is 4.79 Å². The molecule has 146 valence electrons. The van der Waals surface area contributed by atoms with E-state index in [0.29, 0.717) is 21.7 Å². The maximum absolute atomic E-state index is 12.5. The predicted molar refractivity (Wildman–Crippen MR) is 109 cm³/mol. The Morgan fingerprint density at radius 1 is 1.44 bits per heavy atom. The van der Waals surface area contributed by atoms with E-state index in [1.54, 1.807) is 6.07 Å². The first-order valence-corrected chi connectivity index (χ1v) is 10.7. The molecule has 0 spiro atoms. The van der Waals surface area contributed by atoms with Crippen molar-refractivity contribution in [3.05, 3.63) is 39.6 Å². The minimum Gasteiger partial charge on any atom is -0.355 e. The molecule has 0 bridgehead atoms. The summed E-state index contributed by atoms with van der Waals surface area (Å²) in [5.41, 5.74) is 1.04. The number of carbonyl (C=O) groups excluding carboxylic acids is 1. The minimum absolute atomic E-state index is 0.0144. The number of halogens is 2. The molecule has 1 atom stereocenters. The topological polar surface area (TPSA) is 73.9 Å². The Hall–Kier alpha value is -1.28. The molecule has 1 aromatic carbocycles. The molecule has 1 aliphatic rings. The zero-order chi connectivity index (χ0) is 19.2. The zero-order valence-corrected chi connectivity index (χ0v) is 17.5. The van der Waals surface area contributed by atoms with Gasteiger partial charge in [-0.05, 0) is 44.0 Å². The number of aromatic amines is 1. The third kappa shape index (κ3) is 6.10. The number of H-pyrrole nitrogens is 1. The summed E-state index contributed by atoms with van der Waals surface area (Å²) < 4.78 is 0. The van der Waals surface area contributed by atoms with E-state index < -0.39 is 0 Å². The van der Waals surface area contributed by atoms with Crippen molar-refractivity contribution in [2.45, 2.75) is 31.5 Å². The van der Waals surface area contributed by atoms with E-state index in [-0.39, 0.29) is 11.8 Å². The van der Waals surface area contributed by atoms with Gasteiger partial charge in [0.25, 0.3) is 0 Å². The summed E-state index contributed by atoms with van der Waals surface area (Å²) in [6.07, 6.45) is 1.93. The number of likely N-dealkylation sites (tertiary alicyclic amines) is 1. The van der Waals surface area contributed by atoms with E-state index >= 15 is 0 Å². The molecule has 0 saturated carbocycles. The van der Waals surface area contributed by atoms with Gasteiger partial charge in [0.2, 0.25) is 11.1 Å². The van der Waals surface area contributed by atoms with Crippen molar-refractivity contribution in [2.24, 2.45) is 5.92 Å². The predicted octanol–water partition coefficient (Wildman–Crippen LogP) is 3.54.